The van der Waals surface area contributed by atoms with E-state index in [1.54, 1.807) is 7.11 Å². The van der Waals surface area contributed by atoms with Crippen molar-refractivity contribution in [2.75, 3.05) is 13.7 Å². The van der Waals surface area contributed by atoms with E-state index in [2.05, 4.69) is 5.32 Å². The predicted molar refractivity (Wildman–Crippen MR) is 84.7 cm³/mol. The molecule has 3 atom stereocenters. The van der Waals surface area contributed by atoms with Gasteiger partial charge in [0.2, 0.25) is 0 Å². The highest BCUT2D eigenvalue weighted by molar-refractivity contribution is 5.83. The smallest absolute Gasteiger partial charge is 0.318 e. The van der Waals surface area contributed by atoms with E-state index in [-0.39, 0.29) is 12.1 Å². The van der Waals surface area contributed by atoms with Crippen LogP contribution in [0, 0.1) is 0 Å². The molecule has 0 spiro atoms. The second-order valence-corrected chi connectivity index (χ2v) is 6.77. The van der Waals surface area contributed by atoms with Gasteiger partial charge in [0.1, 0.15) is 11.5 Å². The summed E-state index contributed by atoms with van der Waals surface area (Å²) in [5.74, 6) is -0.174. The Kier molecular flexibility index (Phi) is 4.50. The Morgan fingerprint density at radius 1 is 1.23 bits per heavy atom. The molecule has 2 heterocycles. The number of carbonyl (C=O) groups is 1. The first kappa shape index (κ1) is 15.5. The first-order valence-corrected chi connectivity index (χ1v) is 8.13. The Labute approximate surface area is 132 Å². The molecule has 0 saturated carbocycles. The lowest BCUT2D eigenvalue weighted by molar-refractivity contribution is -0.159. The number of carbonyl (C=O) groups excluding carboxylic acids is 1. The van der Waals surface area contributed by atoms with Gasteiger partial charge in [-0.3, -0.25) is 4.79 Å². The highest BCUT2D eigenvalue weighted by Crippen LogP contribution is 2.32. The number of ether oxygens (including phenoxy) is 2. The number of piperidine rings is 1. The molecule has 2 fully saturated rings. The molecule has 3 unspecified atom stereocenters. The van der Waals surface area contributed by atoms with Crippen LogP contribution in [-0.4, -0.2) is 37.9 Å². The third-order valence-corrected chi connectivity index (χ3v) is 5.00. The van der Waals surface area contributed by atoms with Crippen LogP contribution in [0.25, 0.3) is 0 Å². The quantitative estimate of drug-likeness (QED) is 0.849. The Bertz CT molecular complexity index is 506. The van der Waals surface area contributed by atoms with Crippen LogP contribution < -0.4 is 5.32 Å². The van der Waals surface area contributed by atoms with Gasteiger partial charge in [0.25, 0.3) is 0 Å². The summed E-state index contributed by atoms with van der Waals surface area (Å²) in [5, 5.41) is 3.57. The van der Waals surface area contributed by atoms with Crippen molar-refractivity contribution < 1.29 is 14.3 Å². The summed E-state index contributed by atoms with van der Waals surface area (Å²) in [5.41, 5.74) is 0.193. The summed E-state index contributed by atoms with van der Waals surface area (Å²) in [6.07, 6.45) is 4.30. The van der Waals surface area contributed by atoms with Crippen molar-refractivity contribution in [2.45, 2.75) is 56.2 Å². The second kappa shape index (κ2) is 6.39. The maximum Gasteiger partial charge on any atom is 0.318 e. The normalized spacial score (nSPS) is 29.8. The van der Waals surface area contributed by atoms with Gasteiger partial charge in [0.05, 0.1) is 6.61 Å². The molecule has 2 aliphatic heterocycles. The van der Waals surface area contributed by atoms with Gasteiger partial charge in [-0.1, -0.05) is 30.3 Å². The Balaban J connectivity index is 1.73. The Morgan fingerprint density at radius 2 is 1.86 bits per heavy atom. The molecular weight excluding hydrogens is 278 g/mol. The van der Waals surface area contributed by atoms with Gasteiger partial charge in [0.15, 0.2) is 0 Å². The zero-order valence-electron chi connectivity index (χ0n) is 13.4. The molecule has 1 aromatic rings. The molecule has 0 amide bonds. The van der Waals surface area contributed by atoms with Crippen molar-refractivity contribution in [1.29, 1.82) is 0 Å². The van der Waals surface area contributed by atoms with E-state index in [1.807, 2.05) is 37.3 Å². The molecule has 2 aliphatic rings. The van der Waals surface area contributed by atoms with Gasteiger partial charge >= 0.3 is 5.97 Å². The fraction of sp³-hybridized carbons (Fsp3) is 0.611. The fourth-order valence-corrected chi connectivity index (χ4v) is 3.74. The number of hydrogen-bond acceptors (Lipinski definition) is 4. The van der Waals surface area contributed by atoms with Crippen molar-refractivity contribution in [3.05, 3.63) is 35.9 Å². The lowest BCUT2D eigenvalue weighted by atomic mass is 9.83. The molecule has 120 valence electrons. The summed E-state index contributed by atoms with van der Waals surface area (Å²) in [4.78, 5) is 12.8. The van der Waals surface area contributed by atoms with E-state index >= 15 is 0 Å². The van der Waals surface area contributed by atoms with E-state index in [1.165, 1.54) is 12.8 Å². The van der Waals surface area contributed by atoms with Gasteiger partial charge in [0, 0.05) is 19.2 Å². The molecule has 4 nitrogen and oxygen atoms in total. The van der Waals surface area contributed by atoms with Gasteiger partial charge in [-0.15, -0.1) is 0 Å². The average Bonchev–Trinajstić information content (AvgIpc) is 2.87. The Hall–Kier alpha value is -1.39. The summed E-state index contributed by atoms with van der Waals surface area (Å²) in [7, 11) is 1.62. The molecular formula is C18H25NO3. The molecule has 3 rings (SSSR count). The van der Waals surface area contributed by atoms with Crippen LogP contribution in [0.5, 0.6) is 0 Å². The summed E-state index contributed by atoms with van der Waals surface area (Å²) in [6.45, 7) is 2.23. The van der Waals surface area contributed by atoms with Gasteiger partial charge < -0.3 is 14.8 Å². The fourth-order valence-electron chi connectivity index (χ4n) is 3.74. The summed E-state index contributed by atoms with van der Waals surface area (Å²) < 4.78 is 11.2. The highest BCUT2D eigenvalue weighted by atomic mass is 16.5. The third kappa shape index (κ3) is 3.03. The maximum atomic E-state index is 12.8. The third-order valence-electron chi connectivity index (χ3n) is 5.00. The maximum absolute atomic E-state index is 12.8. The number of esters is 1. The number of nitrogens with one attached hydrogen (secondary N) is 1. The van der Waals surface area contributed by atoms with Crippen molar-refractivity contribution in [3.8, 4) is 0 Å². The minimum atomic E-state index is -0.750. The lowest BCUT2D eigenvalue weighted by Gasteiger charge is -2.33. The van der Waals surface area contributed by atoms with Crippen molar-refractivity contribution in [2.24, 2.45) is 0 Å². The highest BCUT2D eigenvalue weighted by Gasteiger charge is 2.41. The summed E-state index contributed by atoms with van der Waals surface area (Å²) in [6, 6.07) is 10.8. The number of fused-ring (bicyclic) bond motifs is 2. The number of hydrogen-bond donors (Lipinski definition) is 1. The van der Waals surface area contributed by atoms with Crippen LogP contribution in [0.3, 0.4) is 0 Å². The van der Waals surface area contributed by atoms with Gasteiger partial charge in [-0.2, -0.15) is 0 Å². The standard InChI is InChI=1S/C18H25NO3/c1-18(12-21-2,13-6-4-3-5-7-13)17(20)22-16-10-14-8-9-15(11-16)19-14/h3-7,14-16,19H,8-12H2,1-2H3. The van der Waals surface area contributed by atoms with Gasteiger partial charge in [-0.25, -0.2) is 0 Å². The minimum absolute atomic E-state index is 0.0335. The summed E-state index contributed by atoms with van der Waals surface area (Å²) >= 11 is 0. The number of benzene rings is 1. The first-order chi connectivity index (χ1) is 10.6. The minimum Gasteiger partial charge on any atom is -0.462 e. The molecule has 2 saturated heterocycles. The molecule has 4 heteroatoms. The van der Waals surface area contributed by atoms with Gasteiger partial charge in [-0.05, 0) is 38.2 Å². The molecule has 1 aromatic carbocycles. The molecule has 1 N–H and O–H groups in total. The van der Waals surface area contributed by atoms with E-state index in [4.69, 9.17) is 9.47 Å². The lowest BCUT2D eigenvalue weighted by Crippen LogP contribution is -2.46. The molecule has 0 radical (unpaired) electrons. The molecule has 2 bridgehead atoms. The topological polar surface area (TPSA) is 47.6 Å². The Morgan fingerprint density at radius 3 is 2.45 bits per heavy atom. The zero-order chi connectivity index (χ0) is 15.6. The largest absolute Gasteiger partial charge is 0.462 e. The number of rotatable bonds is 5. The number of methoxy groups -OCH3 is 1. The molecule has 0 aliphatic carbocycles. The van der Waals surface area contributed by atoms with Crippen molar-refractivity contribution in [1.82, 2.24) is 5.32 Å². The van der Waals surface area contributed by atoms with Crippen LogP contribution in [0.15, 0.2) is 30.3 Å². The predicted octanol–water partition coefficient (Wildman–Crippen LogP) is 2.42. The molecule has 0 aromatic heterocycles. The van der Waals surface area contributed by atoms with Crippen LogP contribution >= 0.6 is 0 Å². The molecule has 22 heavy (non-hydrogen) atoms. The van der Waals surface area contributed by atoms with Crippen LogP contribution in [0.2, 0.25) is 0 Å². The monoisotopic (exact) mass is 303 g/mol. The van der Waals surface area contributed by atoms with E-state index in [0.717, 1.165) is 18.4 Å². The van der Waals surface area contributed by atoms with E-state index in [9.17, 15) is 4.79 Å². The van der Waals surface area contributed by atoms with Crippen molar-refractivity contribution in [3.63, 3.8) is 0 Å². The van der Waals surface area contributed by atoms with Crippen LogP contribution in [0.4, 0.5) is 0 Å². The van der Waals surface area contributed by atoms with E-state index in [0.29, 0.717) is 18.7 Å². The zero-order valence-corrected chi connectivity index (χ0v) is 13.4. The van der Waals surface area contributed by atoms with Crippen molar-refractivity contribution >= 4 is 5.97 Å². The first-order valence-electron chi connectivity index (χ1n) is 8.13. The van der Waals surface area contributed by atoms with E-state index < -0.39 is 5.41 Å². The van der Waals surface area contributed by atoms with Crippen LogP contribution in [0.1, 0.15) is 38.2 Å². The average molecular weight is 303 g/mol. The van der Waals surface area contributed by atoms with Crippen LogP contribution in [-0.2, 0) is 19.7 Å². The SMILES string of the molecule is COCC(C)(C(=O)OC1CC2CCC(C1)N2)c1ccccc1. The second-order valence-electron chi connectivity index (χ2n) is 6.77.